The zero-order valence-corrected chi connectivity index (χ0v) is 20.7. The van der Waals surface area contributed by atoms with Gasteiger partial charge in [0.1, 0.15) is 11.6 Å². The Morgan fingerprint density at radius 3 is 2.62 bits per heavy atom. The average Bonchev–Trinajstić information content (AvgIpc) is 3.23. The summed E-state index contributed by atoms with van der Waals surface area (Å²) in [6.07, 6.45) is 0.874. The monoisotopic (exact) mass is 519 g/mol. The summed E-state index contributed by atoms with van der Waals surface area (Å²) in [4.78, 5) is 15.4. The van der Waals surface area contributed by atoms with Crippen molar-refractivity contribution in [2.45, 2.75) is 37.4 Å². The van der Waals surface area contributed by atoms with Gasteiger partial charge in [0.15, 0.2) is 0 Å². The number of ether oxygens (including phenoxy) is 1. The summed E-state index contributed by atoms with van der Waals surface area (Å²) in [5.41, 5.74) is 7.15. The van der Waals surface area contributed by atoms with Gasteiger partial charge in [-0.3, -0.25) is 13.9 Å². The molecule has 0 radical (unpaired) electrons. The Labute approximate surface area is 205 Å². The van der Waals surface area contributed by atoms with Crippen molar-refractivity contribution in [2.24, 2.45) is 5.73 Å². The lowest BCUT2D eigenvalue weighted by molar-refractivity contribution is 0.0949. The minimum atomic E-state index is -1.75. The van der Waals surface area contributed by atoms with Crippen molar-refractivity contribution >= 4 is 28.3 Å². The third-order valence-electron chi connectivity index (χ3n) is 5.30. The number of amides is 1. The number of nitrogens with zero attached hydrogens (tertiary/aromatic N) is 1. The van der Waals surface area contributed by atoms with Crippen LogP contribution in [0.25, 0.3) is 0 Å². The van der Waals surface area contributed by atoms with Crippen LogP contribution in [-0.2, 0) is 23.9 Å². The molecule has 3 N–H and O–H groups in total. The topological polar surface area (TPSA) is 84.7 Å². The molecule has 1 amide bonds. The SMILES string of the molecule is CCS(=O)c1ccc(Cl)cc1CNC(=O)c1cc(F)c(CN2CCC(N)C2)c(OC)c1.FCF. The standard InChI is InChI=1S/C22H27ClFN3O3S.CH2F2/c1-3-31(29)21-5-4-16(23)8-15(21)11-26-22(28)14-9-19(24)18(20(10-14)30-2)13-27-7-6-17(25)12-27;2-1-3/h4-5,8-10,17H,3,6-7,11-13,25H2,1-2H3,(H,26,28);1H2. The van der Waals surface area contributed by atoms with Crippen LogP contribution in [0.1, 0.15) is 34.8 Å². The van der Waals surface area contributed by atoms with Crippen molar-refractivity contribution in [3.63, 3.8) is 0 Å². The summed E-state index contributed by atoms with van der Waals surface area (Å²) in [5, 5.41) is 3.24. The minimum absolute atomic E-state index is 0.0949. The Hall–Kier alpha value is -2.14. The van der Waals surface area contributed by atoms with E-state index in [0.29, 0.717) is 45.6 Å². The van der Waals surface area contributed by atoms with Crippen LogP contribution in [0.2, 0.25) is 5.02 Å². The number of rotatable bonds is 8. The maximum absolute atomic E-state index is 14.9. The highest BCUT2D eigenvalue weighted by molar-refractivity contribution is 7.85. The number of carbonyl (C=O) groups is 1. The van der Waals surface area contributed by atoms with Crippen LogP contribution in [0.5, 0.6) is 5.75 Å². The summed E-state index contributed by atoms with van der Waals surface area (Å²) in [6, 6.07) is 7.89. The number of methoxy groups -OCH3 is 1. The number of benzene rings is 2. The maximum Gasteiger partial charge on any atom is 0.251 e. The van der Waals surface area contributed by atoms with Crippen LogP contribution in [0.3, 0.4) is 0 Å². The number of hydrogen-bond donors (Lipinski definition) is 2. The molecule has 3 rings (SSSR count). The van der Waals surface area contributed by atoms with Gasteiger partial charge in [-0.05, 0) is 42.3 Å². The third-order valence-corrected chi connectivity index (χ3v) is 6.94. The van der Waals surface area contributed by atoms with E-state index in [0.717, 1.165) is 13.0 Å². The van der Waals surface area contributed by atoms with Gasteiger partial charge in [-0.25, -0.2) is 13.2 Å². The zero-order chi connectivity index (χ0) is 25.3. The second kappa shape index (κ2) is 13.7. The lowest BCUT2D eigenvalue weighted by Gasteiger charge is -2.19. The number of alkyl halides is 2. The molecule has 1 aliphatic heterocycles. The lowest BCUT2D eigenvalue weighted by atomic mass is 10.1. The Balaban J connectivity index is 0.00000129. The van der Waals surface area contributed by atoms with Crippen molar-refractivity contribution in [1.82, 2.24) is 10.2 Å². The van der Waals surface area contributed by atoms with E-state index < -0.39 is 29.5 Å². The van der Waals surface area contributed by atoms with E-state index in [1.165, 1.54) is 19.2 Å². The first-order valence-corrected chi connectivity index (χ1v) is 12.3. The molecular weight excluding hydrogens is 491 g/mol. The lowest BCUT2D eigenvalue weighted by Crippen LogP contribution is -2.27. The predicted molar refractivity (Wildman–Crippen MR) is 127 cm³/mol. The van der Waals surface area contributed by atoms with Gasteiger partial charge < -0.3 is 15.8 Å². The fraction of sp³-hybridized carbons (Fsp3) is 0.435. The van der Waals surface area contributed by atoms with E-state index in [-0.39, 0.29) is 18.2 Å². The second-order valence-electron chi connectivity index (χ2n) is 7.59. The Morgan fingerprint density at radius 1 is 1.32 bits per heavy atom. The molecule has 1 heterocycles. The Morgan fingerprint density at radius 2 is 2.03 bits per heavy atom. The van der Waals surface area contributed by atoms with Crippen molar-refractivity contribution in [3.05, 3.63) is 57.9 Å². The summed E-state index contributed by atoms with van der Waals surface area (Å²) in [7, 11) is 0.262. The number of carbonyl (C=O) groups excluding carboxylic acids is 1. The molecule has 0 aliphatic carbocycles. The maximum atomic E-state index is 14.9. The van der Waals surface area contributed by atoms with E-state index in [2.05, 4.69) is 10.2 Å². The molecular formula is C23H29ClF3N3O3S. The van der Waals surface area contributed by atoms with Gasteiger partial charge in [0.2, 0.25) is 6.93 Å². The van der Waals surface area contributed by atoms with E-state index in [9.17, 15) is 22.2 Å². The molecule has 2 aromatic carbocycles. The first-order valence-electron chi connectivity index (χ1n) is 10.6. The first-order chi connectivity index (χ1) is 16.2. The fourth-order valence-electron chi connectivity index (χ4n) is 3.65. The zero-order valence-electron chi connectivity index (χ0n) is 19.1. The molecule has 11 heteroatoms. The highest BCUT2D eigenvalue weighted by Gasteiger charge is 2.23. The highest BCUT2D eigenvalue weighted by Crippen LogP contribution is 2.27. The predicted octanol–water partition coefficient (Wildman–Crippen LogP) is 3.96. The van der Waals surface area contributed by atoms with Crippen LogP contribution in [0, 0.1) is 5.82 Å². The average molecular weight is 520 g/mol. The van der Waals surface area contributed by atoms with Gasteiger partial charge in [0, 0.05) is 59.0 Å². The van der Waals surface area contributed by atoms with E-state index in [1.807, 2.05) is 6.92 Å². The van der Waals surface area contributed by atoms with Crippen molar-refractivity contribution in [2.75, 3.05) is 32.9 Å². The molecule has 0 aromatic heterocycles. The molecule has 2 unspecified atom stereocenters. The molecule has 1 fully saturated rings. The molecule has 2 atom stereocenters. The number of likely N-dealkylation sites (tertiary alicyclic amines) is 1. The number of halogens is 4. The molecule has 2 aromatic rings. The first kappa shape index (κ1) is 28.1. The Bertz CT molecular complexity index is 1010. The van der Waals surface area contributed by atoms with Gasteiger partial charge >= 0.3 is 0 Å². The fourth-order valence-corrected chi connectivity index (χ4v) is 4.80. The van der Waals surface area contributed by atoms with Gasteiger partial charge in [-0.2, -0.15) is 0 Å². The molecule has 6 nitrogen and oxygen atoms in total. The molecule has 188 valence electrons. The number of hydrogen-bond acceptors (Lipinski definition) is 5. The van der Waals surface area contributed by atoms with E-state index >= 15 is 0 Å². The minimum Gasteiger partial charge on any atom is -0.496 e. The molecule has 0 bridgehead atoms. The van der Waals surface area contributed by atoms with Crippen LogP contribution in [0.15, 0.2) is 35.2 Å². The molecule has 0 saturated carbocycles. The highest BCUT2D eigenvalue weighted by atomic mass is 35.5. The van der Waals surface area contributed by atoms with E-state index in [1.54, 1.807) is 18.2 Å². The van der Waals surface area contributed by atoms with Crippen LogP contribution in [-0.4, -0.2) is 53.9 Å². The molecule has 1 aliphatic rings. The summed E-state index contributed by atoms with van der Waals surface area (Å²) >= 11 is 6.06. The normalized spacial score (nSPS) is 16.5. The molecule has 0 spiro atoms. The third kappa shape index (κ3) is 7.69. The summed E-state index contributed by atoms with van der Waals surface area (Å²) in [5.74, 6) is -0.184. The van der Waals surface area contributed by atoms with Crippen molar-refractivity contribution in [3.8, 4) is 5.75 Å². The number of nitrogens with two attached hydrogens (primary N) is 1. The smallest absolute Gasteiger partial charge is 0.251 e. The van der Waals surface area contributed by atoms with Gasteiger partial charge in [0.05, 0.1) is 17.9 Å². The van der Waals surface area contributed by atoms with Crippen LogP contribution >= 0.6 is 11.6 Å². The quantitative estimate of drug-likeness (QED) is 0.551. The van der Waals surface area contributed by atoms with Gasteiger partial charge in [-0.15, -0.1) is 0 Å². The molecule has 34 heavy (non-hydrogen) atoms. The van der Waals surface area contributed by atoms with Crippen LogP contribution < -0.4 is 15.8 Å². The van der Waals surface area contributed by atoms with Crippen LogP contribution in [0.4, 0.5) is 13.2 Å². The summed E-state index contributed by atoms with van der Waals surface area (Å²) < 4.78 is 51.7. The largest absolute Gasteiger partial charge is 0.496 e. The summed E-state index contributed by atoms with van der Waals surface area (Å²) in [6.45, 7) is 2.07. The van der Waals surface area contributed by atoms with E-state index in [4.69, 9.17) is 22.1 Å². The second-order valence-corrected chi connectivity index (χ2v) is 9.74. The van der Waals surface area contributed by atoms with Gasteiger partial charge in [0.25, 0.3) is 5.91 Å². The molecule has 1 saturated heterocycles. The van der Waals surface area contributed by atoms with Gasteiger partial charge in [-0.1, -0.05) is 18.5 Å². The van der Waals surface area contributed by atoms with Crippen molar-refractivity contribution < 1.29 is 26.9 Å². The Kier molecular flexibility index (Phi) is 11.3. The number of nitrogens with one attached hydrogen (secondary N) is 1. The van der Waals surface area contributed by atoms with Crippen molar-refractivity contribution in [1.29, 1.82) is 0 Å².